The molecular weight excluding hydrogens is 495 g/mol. The van der Waals surface area contributed by atoms with Gasteiger partial charge in [-0.2, -0.15) is 0 Å². The molecule has 0 radical (unpaired) electrons. The second kappa shape index (κ2) is 11.3. The van der Waals surface area contributed by atoms with E-state index in [0.29, 0.717) is 18.9 Å². The summed E-state index contributed by atoms with van der Waals surface area (Å²) in [6.07, 6.45) is 0. The standard InChI is InChI=1S/C19H25F2N5O2.HI/c1-14-11-15(24-28-14)13-25-6-8-26(9-7-25)19(22-2)23-5-10-27-16-3-4-17(20)18(21)12-16;/h3-4,11-12H,5-10,13H2,1-2H3,(H,22,23);1H. The molecular formula is C19H26F2IN5O2. The second-order valence-corrected chi connectivity index (χ2v) is 6.59. The van der Waals surface area contributed by atoms with Gasteiger partial charge in [0.15, 0.2) is 17.6 Å². The first kappa shape index (κ1) is 23.3. The smallest absolute Gasteiger partial charge is 0.193 e. The molecule has 160 valence electrons. The summed E-state index contributed by atoms with van der Waals surface area (Å²) in [5, 5.41) is 7.28. The number of rotatable bonds is 6. The third-order valence-electron chi connectivity index (χ3n) is 4.49. The fraction of sp³-hybridized carbons (Fsp3) is 0.474. The highest BCUT2D eigenvalue weighted by Gasteiger charge is 2.20. The van der Waals surface area contributed by atoms with E-state index in [0.717, 1.165) is 62.3 Å². The van der Waals surface area contributed by atoms with Crippen LogP contribution in [0.3, 0.4) is 0 Å². The Bertz CT molecular complexity index is 810. The monoisotopic (exact) mass is 521 g/mol. The number of piperazine rings is 1. The first-order chi connectivity index (χ1) is 13.5. The quantitative estimate of drug-likeness (QED) is 0.273. The van der Waals surface area contributed by atoms with E-state index in [1.54, 1.807) is 7.05 Å². The lowest BCUT2D eigenvalue weighted by molar-refractivity contribution is 0.168. The summed E-state index contributed by atoms with van der Waals surface area (Å²) in [5.74, 6) is 0.116. The van der Waals surface area contributed by atoms with Crippen molar-refractivity contribution in [1.82, 2.24) is 20.3 Å². The number of hydrogen-bond donors (Lipinski definition) is 1. The highest BCUT2D eigenvalue weighted by Crippen LogP contribution is 2.15. The van der Waals surface area contributed by atoms with E-state index in [1.165, 1.54) is 6.07 Å². The minimum Gasteiger partial charge on any atom is -0.492 e. The van der Waals surface area contributed by atoms with Crippen molar-refractivity contribution in [1.29, 1.82) is 0 Å². The van der Waals surface area contributed by atoms with Gasteiger partial charge in [-0.05, 0) is 19.1 Å². The van der Waals surface area contributed by atoms with Crippen LogP contribution in [0.1, 0.15) is 11.5 Å². The van der Waals surface area contributed by atoms with Crippen LogP contribution in [0.4, 0.5) is 8.78 Å². The number of halogens is 3. The molecule has 7 nitrogen and oxygen atoms in total. The molecule has 0 bridgehead atoms. The number of ether oxygens (including phenoxy) is 1. The molecule has 0 saturated carbocycles. The van der Waals surface area contributed by atoms with Gasteiger partial charge in [-0.1, -0.05) is 5.16 Å². The van der Waals surface area contributed by atoms with Gasteiger partial charge in [-0.3, -0.25) is 9.89 Å². The van der Waals surface area contributed by atoms with Crippen molar-refractivity contribution in [3.8, 4) is 5.75 Å². The number of aryl methyl sites for hydroxylation is 1. The van der Waals surface area contributed by atoms with Crippen LogP contribution in [0.5, 0.6) is 5.75 Å². The Morgan fingerprint density at radius 2 is 1.97 bits per heavy atom. The maximum atomic E-state index is 13.2. The average molecular weight is 521 g/mol. The molecule has 0 aliphatic carbocycles. The predicted octanol–water partition coefficient (Wildman–Crippen LogP) is 2.65. The number of nitrogens with zero attached hydrogens (tertiary/aromatic N) is 4. The van der Waals surface area contributed by atoms with Crippen molar-refractivity contribution in [2.24, 2.45) is 4.99 Å². The second-order valence-electron chi connectivity index (χ2n) is 6.59. The molecule has 0 spiro atoms. The largest absolute Gasteiger partial charge is 0.492 e. The van der Waals surface area contributed by atoms with E-state index in [9.17, 15) is 8.78 Å². The Kier molecular flexibility index (Phi) is 9.08. The molecule has 0 atom stereocenters. The minimum absolute atomic E-state index is 0. The summed E-state index contributed by atoms with van der Waals surface area (Å²) in [6.45, 7) is 6.98. The van der Waals surface area contributed by atoms with E-state index in [1.807, 2.05) is 13.0 Å². The van der Waals surface area contributed by atoms with E-state index >= 15 is 0 Å². The van der Waals surface area contributed by atoms with Crippen LogP contribution < -0.4 is 10.1 Å². The molecule has 1 aliphatic rings. The molecule has 1 aliphatic heterocycles. The fourth-order valence-corrected chi connectivity index (χ4v) is 3.07. The van der Waals surface area contributed by atoms with E-state index < -0.39 is 11.6 Å². The molecule has 0 amide bonds. The molecule has 1 N–H and O–H groups in total. The molecule has 3 rings (SSSR count). The summed E-state index contributed by atoms with van der Waals surface area (Å²) in [7, 11) is 1.74. The molecule has 1 saturated heterocycles. The van der Waals surface area contributed by atoms with Gasteiger partial charge in [0.25, 0.3) is 0 Å². The summed E-state index contributed by atoms with van der Waals surface area (Å²) in [4.78, 5) is 8.82. The molecule has 2 heterocycles. The van der Waals surface area contributed by atoms with Crippen LogP contribution in [0.15, 0.2) is 33.8 Å². The maximum absolute atomic E-state index is 13.2. The molecule has 1 aromatic heterocycles. The predicted molar refractivity (Wildman–Crippen MR) is 117 cm³/mol. The Balaban J connectivity index is 0.00000300. The Labute approximate surface area is 186 Å². The molecule has 10 heteroatoms. The number of nitrogens with one attached hydrogen (secondary N) is 1. The van der Waals surface area contributed by atoms with Crippen molar-refractivity contribution in [2.45, 2.75) is 13.5 Å². The number of guanidine groups is 1. The van der Waals surface area contributed by atoms with Gasteiger partial charge in [0.1, 0.15) is 18.1 Å². The van der Waals surface area contributed by atoms with Crippen molar-refractivity contribution in [2.75, 3.05) is 46.4 Å². The third-order valence-corrected chi connectivity index (χ3v) is 4.49. The van der Waals surface area contributed by atoms with Crippen molar-refractivity contribution in [3.05, 3.63) is 47.4 Å². The van der Waals surface area contributed by atoms with Crippen LogP contribution in [-0.2, 0) is 6.54 Å². The highest BCUT2D eigenvalue weighted by atomic mass is 127. The van der Waals surface area contributed by atoms with Crippen LogP contribution >= 0.6 is 24.0 Å². The Morgan fingerprint density at radius 1 is 1.21 bits per heavy atom. The first-order valence-electron chi connectivity index (χ1n) is 9.23. The van der Waals surface area contributed by atoms with Crippen molar-refractivity contribution >= 4 is 29.9 Å². The highest BCUT2D eigenvalue weighted by molar-refractivity contribution is 14.0. The lowest BCUT2D eigenvalue weighted by atomic mass is 10.3. The number of benzene rings is 1. The van der Waals surface area contributed by atoms with E-state index in [-0.39, 0.29) is 24.0 Å². The number of hydrogen-bond acceptors (Lipinski definition) is 5. The van der Waals surface area contributed by atoms with Gasteiger partial charge in [0.2, 0.25) is 0 Å². The number of aliphatic imine (C=N–C) groups is 1. The first-order valence-corrected chi connectivity index (χ1v) is 9.23. The van der Waals surface area contributed by atoms with Gasteiger partial charge < -0.3 is 19.5 Å². The molecule has 0 unspecified atom stereocenters. The van der Waals surface area contributed by atoms with Crippen molar-refractivity contribution < 1.29 is 18.0 Å². The Morgan fingerprint density at radius 3 is 2.59 bits per heavy atom. The zero-order chi connectivity index (χ0) is 19.9. The molecule has 29 heavy (non-hydrogen) atoms. The average Bonchev–Trinajstić information content (AvgIpc) is 3.10. The van der Waals surface area contributed by atoms with Gasteiger partial charge in [-0.15, -0.1) is 24.0 Å². The summed E-state index contributed by atoms with van der Waals surface area (Å²) < 4.78 is 36.7. The zero-order valence-corrected chi connectivity index (χ0v) is 18.9. The van der Waals surface area contributed by atoms with Crippen LogP contribution in [0, 0.1) is 18.6 Å². The van der Waals surface area contributed by atoms with E-state index in [4.69, 9.17) is 9.26 Å². The normalized spacial score (nSPS) is 15.2. The van der Waals surface area contributed by atoms with Crippen LogP contribution in [-0.4, -0.2) is 67.3 Å². The molecule has 1 fully saturated rings. The van der Waals surface area contributed by atoms with Crippen LogP contribution in [0.2, 0.25) is 0 Å². The van der Waals surface area contributed by atoms with Gasteiger partial charge in [0.05, 0.1) is 12.2 Å². The summed E-state index contributed by atoms with van der Waals surface area (Å²) >= 11 is 0. The van der Waals surface area contributed by atoms with Crippen molar-refractivity contribution in [3.63, 3.8) is 0 Å². The third kappa shape index (κ3) is 6.81. The lowest BCUT2D eigenvalue weighted by Crippen LogP contribution is -2.52. The fourth-order valence-electron chi connectivity index (χ4n) is 3.07. The number of aromatic nitrogens is 1. The topological polar surface area (TPSA) is 66.1 Å². The zero-order valence-electron chi connectivity index (χ0n) is 16.5. The minimum atomic E-state index is -0.917. The Hall–Kier alpha value is -1.95. The van der Waals surface area contributed by atoms with Gasteiger partial charge in [0, 0.05) is 51.9 Å². The van der Waals surface area contributed by atoms with Crippen LogP contribution in [0.25, 0.3) is 0 Å². The molecule has 2 aromatic rings. The SMILES string of the molecule is CN=C(NCCOc1ccc(F)c(F)c1)N1CCN(Cc2cc(C)on2)CC1.I. The van der Waals surface area contributed by atoms with E-state index in [2.05, 4.69) is 25.3 Å². The van der Waals surface area contributed by atoms with Gasteiger partial charge in [-0.25, -0.2) is 8.78 Å². The summed E-state index contributed by atoms with van der Waals surface area (Å²) in [6, 6.07) is 5.46. The summed E-state index contributed by atoms with van der Waals surface area (Å²) in [5.41, 5.74) is 0.947. The van der Waals surface area contributed by atoms with Gasteiger partial charge >= 0.3 is 0 Å². The maximum Gasteiger partial charge on any atom is 0.193 e. The lowest BCUT2D eigenvalue weighted by Gasteiger charge is -2.36. The molecule has 1 aromatic carbocycles.